The molecule has 2 aliphatic heterocycles. The molecule has 0 bridgehead atoms. The molecule has 2 fully saturated rings. The lowest BCUT2D eigenvalue weighted by Gasteiger charge is -2.26. The molecule has 0 unspecified atom stereocenters. The van der Waals surface area contributed by atoms with Gasteiger partial charge in [0.25, 0.3) is 16.1 Å². The minimum Gasteiger partial charge on any atom is -0.497 e. The van der Waals surface area contributed by atoms with Crippen LogP contribution in [0.15, 0.2) is 18.3 Å². The van der Waals surface area contributed by atoms with Crippen molar-refractivity contribution in [3.8, 4) is 5.75 Å². The van der Waals surface area contributed by atoms with Crippen LogP contribution < -0.4 is 4.74 Å². The van der Waals surface area contributed by atoms with E-state index in [2.05, 4.69) is 4.98 Å². The molecule has 25 heavy (non-hydrogen) atoms. The first-order valence-corrected chi connectivity index (χ1v) is 9.96. The van der Waals surface area contributed by atoms with Gasteiger partial charge in [0.2, 0.25) is 0 Å². The summed E-state index contributed by atoms with van der Waals surface area (Å²) in [4.78, 5) is 18.4. The second kappa shape index (κ2) is 7.67. The molecular weight excluding hydrogens is 344 g/mol. The zero-order valence-electron chi connectivity index (χ0n) is 14.4. The molecule has 0 N–H and O–H groups in total. The van der Waals surface area contributed by atoms with Gasteiger partial charge in [-0.05, 0) is 25.3 Å². The van der Waals surface area contributed by atoms with Crippen molar-refractivity contribution < 1.29 is 17.9 Å². The Kier molecular flexibility index (Phi) is 5.55. The van der Waals surface area contributed by atoms with Crippen molar-refractivity contribution in [3.63, 3.8) is 0 Å². The quantitative estimate of drug-likeness (QED) is 0.776. The second-order valence-electron chi connectivity index (χ2n) is 6.24. The van der Waals surface area contributed by atoms with E-state index in [1.54, 1.807) is 21.3 Å². The lowest BCUT2D eigenvalue weighted by Crippen LogP contribution is -2.44. The summed E-state index contributed by atoms with van der Waals surface area (Å²) >= 11 is 0. The Labute approximate surface area is 148 Å². The van der Waals surface area contributed by atoms with Crippen molar-refractivity contribution >= 4 is 16.1 Å². The first-order chi connectivity index (χ1) is 12.0. The van der Waals surface area contributed by atoms with Crippen LogP contribution in [0.25, 0.3) is 0 Å². The van der Waals surface area contributed by atoms with Crippen molar-refractivity contribution in [2.45, 2.75) is 19.3 Å². The molecule has 8 nitrogen and oxygen atoms in total. The number of carbonyl (C=O) groups is 1. The van der Waals surface area contributed by atoms with E-state index < -0.39 is 10.2 Å². The topological polar surface area (TPSA) is 83.0 Å². The molecule has 138 valence electrons. The first-order valence-electron chi connectivity index (χ1n) is 8.57. The van der Waals surface area contributed by atoms with Gasteiger partial charge in [0, 0.05) is 51.5 Å². The highest BCUT2D eigenvalue weighted by Gasteiger charge is 2.33. The van der Waals surface area contributed by atoms with Gasteiger partial charge < -0.3 is 9.64 Å². The number of hydrogen-bond donors (Lipinski definition) is 0. The molecule has 0 spiro atoms. The van der Waals surface area contributed by atoms with Crippen molar-refractivity contribution in [1.82, 2.24) is 18.5 Å². The Hall–Kier alpha value is -1.71. The number of aromatic nitrogens is 1. The van der Waals surface area contributed by atoms with Crippen molar-refractivity contribution in [2.75, 3.05) is 46.4 Å². The Morgan fingerprint density at radius 2 is 1.72 bits per heavy atom. The van der Waals surface area contributed by atoms with E-state index in [4.69, 9.17) is 4.74 Å². The highest BCUT2D eigenvalue weighted by atomic mass is 32.2. The van der Waals surface area contributed by atoms with Gasteiger partial charge in [-0.25, -0.2) is 0 Å². The number of amides is 1. The van der Waals surface area contributed by atoms with Gasteiger partial charge in [-0.3, -0.25) is 9.78 Å². The van der Waals surface area contributed by atoms with E-state index in [-0.39, 0.29) is 5.91 Å². The van der Waals surface area contributed by atoms with Gasteiger partial charge in [-0.2, -0.15) is 17.0 Å². The van der Waals surface area contributed by atoms with Crippen LogP contribution in [-0.4, -0.2) is 79.2 Å². The van der Waals surface area contributed by atoms with Gasteiger partial charge in [0.1, 0.15) is 11.4 Å². The van der Waals surface area contributed by atoms with Crippen LogP contribution in [0.4, 0.5) is 0 Å². The van der Waals surface area contributed by atoms with Gasteiger partial charge in [-0.15, -0.1) is 0 Å². The van der Waals surface area contributed by atoms with Crippen LogP contribution in [0.5, 0.6) is 5.75 Å². The van der Waals surface area contributed by atoms with Crippen molar-refractivity contribution in [1.29, 1.82) is 0 Å². The predicted molar refractivity (Wildman–Crippen MR) is 92.6 cm³/mol. The Bertz CT molecular complexity index is 719. The lowest BCUT2D eigenvalue weighted by molar-refractivity contribution is 0.0757. The summed E-state index contributed by atoms with van der Waals surface area (Å²) in [5, 5.41) is 0. The fourth-order valence-corrected chi connectivity index (χ4v) is 4.95. The number of hydrogen-bond acceptors (Lipinski definition) is 5. The Morgan fingerprint density at radius 1 is 1.04 bits per heavy atom. The van der Waals surface area contributed by atoms with Gasteiger partial charge >= 0.3 is 0 Å². The summed E-state index contributed by atoms with van der Waals surface area (Å²) in [5.41, 5.74) is 0.315. The molecule has 0 atom stereocenters. The predicted octanol–water partition coefficient (Wildman–Crippen LogP) is 0.579. The maximum atomic E-state index is 12.7. The summed E-state index contributed by atoms with van der Waals surface area (Å²) in [5.74, 6) is 0.380. The fourth-order valence-electron chi connectivity index (χ4n) is 3.23. The zero-order chi connectivity index (χ0) is 17.9. The van der Waals surface area contributed by atoms with E-state index >= 15 is 0 Å². The zero-order valence-corrected chi connectivity index (χ0v) is 15.2. The normalized spacial score (nSPS) is 20.4. The van der Waals surface area contributed by atoms with E-state index in [9.17, 15) is 13.2 Å². The lowest BCUT2D eigenvalue weighted by atomic mass is 10.3. The smallest absolute Gasteiger partial charge is 0.282 e. The van der Waals surface area contributed by atoms with E-state index in [1.807, 2.05) is 0 Å². The summed E-state index contributed by atoms with van der Waals surface area (Å²) in [6.07, 6.45) is 3.98. The second-order valence-corrected chi connectivity index (χ2v) is 8.17. The molecule has 3 rings (SSSR count). The summed E-state index contributed by atoms with van der Waals surface area (Å²) < 4.78 is 33.6. The molecule has 0 aliphatic carbocycles. The molecule has 0 aromatic carbocycles. The fraction of sp³-hybridized carbons (Fsp3) is 0.625. The Morgan fingerprint density at radius 3 is 2.44 bits per heavy atom. The third kappa shape index (κ3) is 3.94. The molecule has 1 amide bonds. The summed E-state index contributed by atoms with van der Waals surface area (Å²) in [6.45, 7) is 2.82. The van der Waals surface area contributed by atoms with Crippen molar-refractivity contribution in [3.05, 3.63) is 24.0 Å². The maximum Gasteiger partial charge on any atom is 0.282 e. The van der Waals surface area contributed by atoms with Crippen LogP contribution in [0.3, 0.4) is 0 Å². The standard InChI is InChI=1S/C16H24N4O4S/c1-24-14-5-6-17-15(13-14)16(21)18-7-4-10-20(12-11-18)25(22,23)19-8-2-3-9-19/h5-6,13H,2-4,7-12H2,1H3. The van der Waals surface area contributed by atoms with Crippen LogP contribution in [0.2, 0.25) is 0 Å². The van der Waals surface area contributed by atoms with Crippen LogP contribution in [-0.2, 0) is 10.2 Å². The minimum atomic E-state index is -3.42. The van der Waals surface area contributed by atoms with E-state index in [0.717, 1.165) is 12.8 Å². The maximum absolute atomic E-state index is 12.7. The number of ether oxygens (including phenoxy) is 1. The van der Waals surface area contributed by atoms with E-state index in [0.29, 0.717) is 57.1 Å². The SMILES string of the molecule is COc1ccnc(C(=O)N2CCCN(S(=O)(=O)N3CCCC3)CC2)c1. The van der Waals surface area contributed by atoms with Gasteiger partial charge in [-0.1, -0.05) is 0 Å². The third-order valence-electron chi connectivity index (χ3n) is 4.65. The van der Waals surface area contributed by atoms with Crippen LogP contribution in [0.1, 0.15) is 29.8 Å². The summed E-state index contributed by atoms with van der Waals surface area (Å²) in [7, 11) is -1.88. The van der Waals surface area contributed by atoms with Crippen LogP contribution >= 0.6 is 0 Å². The molecular formula is C16H24N4O4S. The van der Waals surface area contributed by atoms with Crippen LogP contribution in [0, 0.1) is 0 Å². The van der Waals surface area contributed by atoms with Gasteiger partial charge in [0.15, 0.2) is 0 Å². The largest absolute Gasteiger partial charge is 0.497 e. The number of nitrogens with zero attached hydrogens (tertiary/aromatic N) is 4. The molecule has 0 radical (unpaired) electrons. The number of pyridine rings is 1. The highest BCUT2D eigenvalue weighted by Crippen LogP contribution is 2.19. The number of methoxy groups -OCH3 is 1. The molecule has 3 heterocycles. The van der Waals surface area contributed by atoms with E-state index in [1.165, 1.54) is 17.6 Å². The molecule has 1 aromatic rings. The molecule has 2 saturated heterocycles. The minimum absolute atomic E-state index is 0.195. The molecule has 9 heteroatoms. The Balaban J connectivity index is 1.67. The third-order valence-corrected chi connectivity index (χ3v) is 6.68. The first kappa shape index (κ1) is 18.1. The van der Waals surface area contributed by atoms with Gasteiger partial charge in [0.05, 0.1) is 7.11 Å². The molecule has 0 saturated carbocycles. The average molecular weight is 368 g/mol. The molecule has 1 aromatic heterocycles. The average Bonchev–Trinajstić information content (AvgIpc) is 3.06. The highest BCUT2D eigenvalue weighted by molar-refractivity contribution is 7.86. The number of rotatable bonds is 4. The monoisotopic (exact) mass is 368 g/mol. The molecule has 2 aliphatic rings. The van der Waals surface area contributed by atoms with Crippen molar-refractivity contribution in [2.24, 2.45) is 0 Å². The number of carbonyl (C=O) groups excluding carboxylic acids is 1. The summed E-state index contributed by atoms with van der Waals surface area (Å²) in [6, 6.07) is 3.29.